The van der Waals surface area contributed by atoms with Gasteiger partial charge in [-0.15, -0.1) is 0 Å². The van der Waals surface area contributed by atoms with Crippen molar-refractivity contribution in [1.29, 1.82) is 0 Å². The van der Waals surface area contributed by atoms with Crippen LogP contribution >= 0.6 is 11.6 Å². The Morgan fingerprint density at radius 2 is 2.38 bits per heavy atom. The third-order valence-electron chi connectivity index (χ3n) is 2.05. The molecule has 3 nitrogen and oxygen atoms in total. The Morgan fingerprint density at radius 3 is 3.08 bits per heavy atom. The van der Waals surface area contributed by atoms with Crippen molar-refractivity contribution < 1.29 is 4.74 Å². The van der Waals surface area contributed by atoms with E-state index in [2.05, 4.69) is 9.97 Å². The highest BCUT2D eigenvalue weighted by molar-refractivity contribution is 6.28. The summed E-state index contributed by atoms with van der Waals surface area (Å²) >= 11 is 5.65. The molecule has 4 heteroatoms. The van der Waals surface area contributed by atoms with Gasteiger partial charge in [0, 0.05) is 11.8 Å². The molecule has 0 radical (unpaired) electrons. The number of hydrogen-bond acceptors (Lipinski definition) is 3. The summed E-state index contributed by atoms with van der Waals surface area (Å²) in [6.07, 6.45) is 4.23. The van der Waals surface area contributed by atoms with Crippen LogP contribution in [0.15, 0.2) is 6.20 Å². The van der Waals surface area contributed by atoms with Gasteiger partial charge in [-0.3, -0.25) is 0 Å². The van der Waals surface area contributed by atoms with Crippen molar-refractivity contribution in [2.45, 2.75) is 19.8 Å². The van der Waals surface area contributed by atoms with Crippen LogP contribution in [0.5, 0.6) is 5.88 Å². The van der Waals surface area contributed by atoms with Gasteiger partial charge in [-0.25, -0.2) is 4.98 Å². The van der Waals surface area contributed by atoms with Crippen molar-refractivity contribution in [2.75, 3.05) is 6.61 Å². The van der Waals surface area contributed by atoms with E-state index in [9.17, 15) is 0 Å². The van der Waals surface area contributed by atoms with Gasteiger partial charge in [0.1, 0.15) is 0 Å². The lowest BCUT2D eigenvalue weighted by molar-refractivity contribution is 0.286. The van der Waals surface area contributed by atoms with Crippen LogP contribution in [0.2, 0.25) is 5.28 Å². The SMILES string of the molecule is Cc1cnc(Cl)nc1OCC1CC1. The highest BCUT2D eigenvalue weighted by atomic mass is 35.5. The molecule has 1 aromatic rings. The average molecular weight is 199 g/mol. The third kappa shape index (κ3) is 2.31. The molecule has 0 amide bonds. The van der Waals surface area contributed by atoms with Gasteiger partial charge in [-0.1, -0.05) is 0 Å². The summed E-state index contributed by atoms with van der Waals surface area (Å²) in [5.74, 6) is 1.35. The second-order valence-corrected chi connectivity index (χ2v) is 3.72. The monoisotopic (exact) mass is 198 g/mol. The minimum absolute atomic E-state index is 0.247. The molecule has 1 aromatic heterocycles. The first kappa shape index (κ1) is 8.75. The number of hydrogen-bond donors (Lipinski definition) is 0. The second-order valence-electron chi connectivity index (χ2n) is 3.38. The molecule has 0 aliphatic heterocycles. The van der Waals surface area contributed by atoms with E-state index in [1.54, 1.807) is 6.20 Å². The summed E-state index contributed by atoms with van der Waals surface area (Å²) < 4.78 is 5.51. The molecule has 1 aliphatic carbocycles. The van der Waals surface area contributed by atoms with Crippen molar-refractivity contribution in [2.24, 2.45) is 5.92 Å². The Hall–Kier alpha value is -0.830. The predicted molar refractivity (Wildman–Crippen MR) is 50.0 cm³/mol. The number of aryl methyl sites for hydroxylation is 1. The first-order chi connectivity index (χ1) is 6.25. The van der Waals surface area contributed by atoms with E-state index in [-0.39, 0.29) is 5.28 Å². The molecule has 0 bridgehead atoms. The van der Waals surface area contributed by atoms with Gasteiger partial charge in [0.2, 0.25) is 11.2 Å². The third-order valence-corrected chi connectivity index (χ3v) is 2.23. The minimum Gasteiger partial charge on any atom is -0.477 e. The maximum absolute atomic E-state index is 5.65. The van der Waals surface area contributed by atoms with Crippen LogP contribution in [-0.2, 0) is 0 Å². The molecule has 0 atom stereocenters. The van der Waals surface area contributed by atoms with E-state index in [0.717, 1.165) is 18.1 Å². The van der Waals surface area contributed by atoms with Crippen molar-refractivity contribution >= 4 is 11.6 Å². The summed E-state index contributed by atoms with van der Waals surface area (Å²) in [6, 6.07) is 0. The fourth-order valence-corrected chi connectivity index (χ4v) is 1.16. The van der Waals surface area contributed by atoms with E-state index in [0.29, 0.717) is 5.88 Å². The van der Waals surface area contributed by atoms with Crippen LogP contribution in [0.4, 0.5) is 0 Å². The molecular weight excluding hydrogens is 188 g/mol. The smallest absolute Gasteiger partial charge is 0.225 e. The Morgan fingerprint density at radius 1 is 1.62 bits per heavy atom. The lowest BCUT2D eigenvalue weighted by atomic mass is 10.4. The molecule has 0 unspecified atom stereocenters. The van der Waals surface area contributed by atoms with Gasteiger partial charge in [0.05, 0.1) is 6.61 Å². The van der Waals surface area contributed by atoms with Gasteiger partial charge in [0.25, 0.3) is 0 Å². The molecule has 1 aliphatic rings. The molecular formula is C9H11ClN2O. The van der Waals surface area contributed by atoms with Crippen LogP contribution in [0.25, 0.3) is 0 Å². The minimum atomic E-state index is 0.247. The van der Waals surface area contributed by atoms with Gasteiger partial charge in [0.15, 0.2) is 0 Å². The maximum atomic E-state index is 5.65. The van der Waals surface area contributed by atoms with Crippen molar-refractivity contribution in [3.8, 4) is 5.88 Å². The lowest BCUT2D eigenvalue weighted by Crippen LogP contribution is -2.03. The fourth-order valence-electron chi connectivity index (χ4n) is 1.03. The zero-order chi connectivity index (χ0) is 9.26. The van der Waals surface area contributed by atoms with Gasteiger partial charge in [-0.05, 0) is 37.3 Å². The zero-order valence-electron chi connectivity index (χ0n) is 7.46. The average Bonchev–Trinajstić information content (AvgIpc) is 2.90. The van der Waals surface area contributed by atoms with Crippen LogP contribution in [-0.4, -0.2) is 16.6 Å². The van der Waals surface area contributed by atoms with Gasteiger partial charge < -0.3 is 4.74 Å². The first-order valence-electron chi connectivity index (χ1n) is 4.37. The van der Waals surface area contributed by atoms with E-state index >= 15 is 0 Å². The number of halogens is 1. The molecule has 2 rings (SSSR count). The molecule has 70 valence electrons. The number of ether oxygens (including phenoxy) is 1. The van der Waals surface area contributed by atoms with Crippen molar-refractivity contribution in [3.05, 3.63) is 17.0 Å². The molecule has 1 fully saturated rings. The largest absolute Gasteiger partial charge is 0.477 e. The number of rotatable bonds is 3. The maximum Gasteiger partial charge on any atom is 0.225 e. The molecule has 1 saturated carbocycles. The van der Waals surface area contributed by atoms with Gasteiger partial charge >= 0.3 is 0 Å². The molecule has 0 spiro atoms. The Bertz CT molecular complexity index is 312. The van der Waals surface area contributed by atoms with Crippen LogP contribution in [0, 0.1) is 12.8 Å². The second kappa shape index (κ2) is 3.50. The zero-order valence-corrected chi connectivity index (χ0v) is 8.21. The summed E-state index contributed by atoms with van der Waals surface area (Å²) in [5, 5.41) is 0.247. The predicted octanol–water partition coefficient (Wildman–Crippen LogP) is 2.23. The standard InChI is InChI=1S/C9H11ClN2O/c1-6-4-11-9(10)12-8(6)13-5-7-2-3-7/h4,7H,2-3,5H2,1H3. The Labute approximate surface area is 82.1 Å². The lowest BCUT2D eigenvalue weighted by Gasteiger charge is -2.06. The molecule has 0 saturated heterocycles. The van der Waals surface area contributed by atoms with Crippen LogP contribution < -0.4 is 4.74 Å². The number of nitrogens with zero attached hydrogens (tertiary/aromatic N) is 2. The van der Waals surface area contributed by atoms with E-state index in [1.165, 1.54) is 12.8 Å². The highest BCUT2D eigenvalue weighted by Gasteiger charge is 2.22. The fraction of sp³-hybridized carbons (Fsp3) is 0.556. The summed E-state index contributed by atoms with van der Waals surface area (Å²) in [7, 11) is 0. The highest BCUT2D eigenvalue weighted by Crippen LogP contribution is 2.29. The summed E-state index contributed by atoms with van der Waals surface area (Å²) in [6.45, 7) is 2.67. The first-order valence-corrected chi connectivity index (χ1v) is 4.75. The quantitative estimate of drug-likeness (QED) is 0.699. The van der Waals surface area contributed by atoms with Crippen molar-refractivity contribution in [1.82, 2.24) is 9.97 Å². The van der Waals surface area contributed by atoms with Crippen molar-refractivity contribution in [3.63, 3.8) is 0 Å². The van der Waals surface area contributed by atoms with Crippen LogP contribution in [0.3, 0.4) is 0 Å². The van der Waals surface area contributed by atoms with E-state index < -0.39 is 0 Å². The van der Waals surface area contributed by atoms with E-state index in [4.69, 9.17) is 16.3 Å². The summed E-state index contributed by atoms with van der Waals surface area (Å²) in [5.41, 5.74) is 0.935. The molecule has 0 aromatic carbocycles. The Kier molecular flexibility index (Phi) is 2.36. The molecule has 13 heavy (non-hydrogen) atoms. The molecule has 0 N–H and O–H groups in total. The normalized spacial score (nSPS) is 15.8. The Balaban J connectivity index is 2.03. The van der Waals surface area contributed by atoms with E-state index in [1.807, 2.05) is 6.92 Å². The van der Waals surface area contributed by atoms with Gasteiger partial charge in [-0.2, -0.15) is 4.98 Å². The molecule has 1 heterocycles. The van der Waals surface area contributed by atoms with Crippen LogP contribution in [0.1, 0.15) is 18.4 Å². The summed E-state index contributed by atoms with van der Waals surface area (Å²) in [4.78, 5) is 7.86. The number of aromatic nitrogens is 2. The topological polar surface area (TPSA) is 35.0 Å².